The van der Waals surface area contributed by atoms with Gasteiger partial charge in [0.1, 0.15) is 0 Å². The summed E-state index contributed by atoms with van der Waals surface area (Å²) in [4.78, 5) is 11.8. The number of aliphatic hydroxyl groups excluding tert-OH is 1. The van der Waals surface area contributed by atoms with Gasteiger partial charge in [0.15, 0.2) is 11.5 Å². The van der Waals surface area contributed by atoms with Crippen LogP contribution >= 0.6 is 11.6 Å². The Hall–Kier alpha value is -1.71. The lowest BCUT2D eigenvalue weighted by Gasteiger charge is -2.39. The maximum Gasteiger partial charge on any atom is 0.412 e. The molecule has 1 amide bonds. The third kappa shape index (κ3) is 2.25. The van der Waals surface area contributed by atoms with Gasteiger partial charge >= 0.3 is 6.18 Å². The highest BCUT2D eigenvalue weighted by Gasteiger charge is 2.64. The molecule has 1 fully saturated rings. The predicted molar refractivity (Wildman–Crippen MR) is 74.3 cm³/mol. The molecule has 116 valence electrons. The Morgan fingerprint density at radius 1 is 1.36 bits per heavy atom. The Morgan fingerprint density at radius 3 is 2.64 bits per heavy atom. The molecule has 0 aromatic heterocycles. The highest BCUT2D eigenvalue weighted by molar-refractivity contribution is 6.30. The third-order valence-corrected chi connectivity index (χ3v) is 4.06. The molecule has 1 saturated carbocycles. The standard InChI is InChI=1S/C15H11ClF3NO2/c16-9-3-4-11-10(7-9)14(15(17,18)19,6-5-8-1-2-8)12(21)13(22)20-11/h3-4,7-8,12,21H,1-2H2,(H,20,22). The van der Waals surface area contributed by atoms with Crippen LogP contribution in [0.4, 0.5) is 18.9 Å². The molecule has 1 heterocycles. The van der Waals surface area contributed by atoms with Gasteiger partial charge in [0.2, 0.25) is 0 Å². The molecular weight excluding hydrogens is 319 g/mol. The van der Waals surface area contributed by atoms with E-state index in [1.807, 2.05) is 0 Å². The largest absolute Gasteiger partial charge is 0.412 e. The van der Waals surface area contributed by atoms with E-state index in [9.17, 15) is 23.1 Å². The van der Waals surface area contributed by atoms with E-state index in [0.29, 0.717) is 0 Å². The van der Waals surface area contributed by atoms with Crippen molar-refractivity contribution in [3.63, 3.8) is 0 Å². The number of carbonyl (C=O) groups excluding carboxylic acids is 1. The molecule has 1 aromatic carbocycles. The van der Waals surface area contributed by atoms with Crippen molar-refractivity contribution in [2.24, 2.45) is 5.92 Å². The molecule has 0 bridgehead atoms. The number of anilines is 1. The van der Waals surface area contributed by atoms with Crippen molar-refractivity contribution in [3.8, 4) is 11.8 Å². The molecule has 2 atom stereocenters. The van der Waals surface area contributed by atoms with E-state index in [2.05, 4.69) is 17.2 Å². The molecule has 3 rings (SSSR count). The van der Waals surface area contributed by atoms with Gasteiger partial charge in [-0.1, -0.05) is 23.4 Å². The summed E-state index contributed by atoms with van der Waals surface area (Å²) in [5.74, 6) is 3.45. The van der Waals surface area contributed by atoms with Crippen LogP contribution in [-0.2, 0) is 10.2 Å². The van der Waals surface area contributed by atoms with Crippen LogP contribution in [-0.4, -0.2) is 23.3 Å². The fourth-order valence-electron chi connectivity index (χ4n) is 2.45. The summed E-state index contributed by atoms with van der Waals surface area (Å²) in [6.45, 7) is 0. The molecule has 22 heavy (non-hydrogen) atoms. The minimum absolute atomic E-state index is 0.0397. The van der Waals surface area contributed by atoms with Gasteiger partial charge in [-0.2, -0.15) is 13.2 Å². The second kappa shape index (κ2) is 4.90. The maximum atomic E-state index is 13.8. The minimum atomic E-state index is -4.93. The molecule has 1 aliphatic carbocycles. The highest BCUT2D eigenvalue weighted by Crippen LogP contribution is 2.49. The monoisotopic (exact) mass is 329 g/mol. The van der Waals surface area contributed by atoms with Gasteiger partial charge in [0, 0.05) is 22.2 Å². The fraction of sp³-hybridized carbons (Fsp3) is 0.400. The number of halogens is 4. The smallest absolute Gasteiger partial charge is 0.381 e. The van der Waals surface area contributed by atoms with Crippen LogP contribution in [0.25, 0.3) is 0 Å². The Balaban J connectivity index is 2.28. The van der Waals surface area contributed by atoms with Crippen molar-refractivity contribution in [1.82, 2.24) is 0 Å². The molecule has 0 saturated heterocycles. The first-order valence-electron chi connectivity index (χ1n) is 6.64. The van der Waals surface area contributed by atoms with E-state index in [4.69, 9.17) is 11.6 Å². The lowest BCUT2D eigenvalue weighted by atomic mass is 9.72. The van der Waals surface area contributed by atoms with Gasteiger partial charge in [-0.05, 0) is 31.0 Å². The summed E-state index contributed by atoms with van der Waals surface area (Å²) in [5.41, 5.74) is -3.33. The normalized spacial score (nSPS) is 27.5. The molecular formula is C15H11ClF3NO2. The number of carbonyl (C=O) groups is 1. The first kappa shape index (κ1) is 15.2. The van der Waals surface area contributed by atoms with Crippen molar-refractivity contribution in [3.05, 3.63) is 28.8 Å². The summed E-state index contributed by atoms with van der Waals surface area (Å²) >= 11 is 5.80. The fourth-order valence-corrected chi connectivity index (χ4v) is 2.63. The first-order valence-corrected chi connectivity index (χ1v) is 7.02. The minimum Gasteiger partial charge on any atom is -0.381 e. The van der Waals surface area contributed by atoms with Crippen LogP contribution < -0.4 is 5.32 Å². The van der Waals surface area contributed by atoms with Crippen molar-refractivity contribution < 1.29 is 23.1 Å². The molecule has 0 spiro atoms. The number of nitrogens with one attached hydrogen (secondary N) is 1. The van der Waals surface area contributed by atoms with Crippen LogP contribution in [0.1, 0.15) is 18.4 Å². The average Bonchev–Trinajstić information content (AvgIpc) is 3.23. The van der Waals surface area contributed by atoms with Crippen molar-refractivity contribution in [2.75, 3.05) is 5.32 Å². The third-order valence-electron chi connectivity index (χ3n) is 3.82. The van der Waals surface area contributed by atoms with Gasteiger partial charge in [0.25, 0.3) is 5.91 Å². The lowest BCUT2D eigenvalue weighted by Crippen LogP contribution is -2.58. The number of fused-ring (bicyclic) bond motifs is 1. The van der Waals surface area contributed by atoms with Crippen LogP contribution in [0, 0.1) is 17.8 Å². The first-order chi connectivity index (χ1) is 10.3. The number of benzene rings is 1. The topological polar surface area (TPSA) is 49.3 Å². The second-order valence-electron chi connectivity index (χ2n) is 5.43. The Kier molecular flexibility index (Phi) is 3.38. The average molecular weight is 330 g/mol. The maximum absolute atomic E-state index is 13.8. The molecule has 7 heteroatoms. The quantitative estimate of drug-likeness (QED) is 0.719. The van der Waals surface area contributed by atoms with E-state index >= 15 is 0 Å². The van der Waals surface area contributed by atoms with Crippen molar-refractivity contribution in [2.45, 2.75) is 30.5 Å². The molecule has 2 N–H and O–H groups in total. The summed E-state index contributed by atoms with van der Waals surface area (Å²) in [7, 11) is 0. The SMILES string of the molecule is O=C1Nc2ccc(Cl)cc2C(C#CC2CC2)(C(F)(F)F)C1O. The molecule has 1 aliphatic heterocycles. The summed E-state index contributed by atoms with van der Waals surface area (Å²) in [6, 6.07) is 3.74. The summed E-state index contributed by atoms with van der Waals surface area (Å²) in [6.07, 6.45) is -5.81. The number of aliphatic hydroxyl groups is 1. The molecule has 2 aliphatic rings. The zero-order valence-corrected chi connectivity index (χ0v) is 11.9. The van der Waals surface area contributed by atoms with Crippen molar-refractivity contribution >= 4 is 23.2 Å². The van der Waals surface area contributed by atoms with Crippen LogP contribution in [0.3, 0.4) is 0 Å². The molecule has 0 radical (unpaired) electrons. The van der Waals surface area contributed by atoms with Crippen molar-refractivity contribution in [1.29, 1.82) is 0 Å². The van der Waals surface area contributed by atoms with E-state index in [-0.39, 0.29) is 22.2 Å². The number of hydrogen-bond donors (Lipinski definition) is 2. The molecule has 3 nitrogen and oxygen atoms in total. The Bertz CT molecular complexity index is 703. The molecule has 1 aromatic rings. The van der Waals surface area contributed by atoms with E-state index in [1.54, 1.807) is 0 Å². The zero-order valence-electron chi connectivity index (χ0n) is 11.2. The van der Waals surface area contributed by atoms with Gasteiger partial charge in [-0.25, -0.2) is 0 Å². The van der Waals surface area contributed by atoms with Gasteiger partial charge in [-0.3, -0.25) is 4.79 Å². The zero-order chi connectivity index (χ0) is 16.1. The number of alkyl halides is 3. The Morgan fingerprint density at radius 2 is 2.05 bits per heavy atom. The number of rotatable bonds is 0. The highest BCUT2D eigenvalue weighted by atomic mass is 35.5. The van der Waals surface area contributed by atoms with Gasteiger partial charge < -0.3 is 10.4 Å². The van der Waals surface area contributed by atoms with Crippen LogP contribution in [0.2, 0.25) is 5.02 Å². The van der Waals surface area contributed by atoms with E-state index in [1.165, 1.54) is 12.1 Å². The summed E-state index contributed by atoms with van der Waals surface area (Å²) < 4.78 is 41.4. The Labute approximate surface area is 129 Å². The van der Waals surface area contributed by atoms with Crippen LogP contribution in [0.15, 0.2) is 18.2 Å². The predicted octanol–water partition coefficient (Wildman–Crippen LogP) is 2.87. The second-order valence-corrected chi connectivity index (χ2v) is 5.87. The summed E-state index contributed by atoms with van der Waals surface area (Å²) in [5, 5.41) is 12.3. The van der Waals surface area contributed by atoms with Gasteiger partial charge in [-0.15, -0.1) is 0 Å². The lowest BCUT2D eigenvalue weighted by molar-refractivity contribution is -0.200. The number of hydrogen-bond acceptors (Lipinski definition) is 2. The number of amides is 1. The van der Waals surface area contributed by atoms with E-state index in [0.717, 1.165) is 18.9 Å². The van der Waals surface area contributed by atoms with Crippen LogP contribution in [0.5, 0.6) is 0 Å². The molecule has 2 unspecified atom stereocenters. The van der Waals surface area contributed by atoms with E-state index < -0.39 is 23.6 Å². The van der Waals surface area contributed by atoms with Gasteiger partial charge in [0.05, 0.1) is 0 Å².